The molecule has 1 atom stereocenters. The Morgan fingerprint density at radius 2 is 2.41 bits per heavy atom. The fraction of sp³-hybridized carbons (Fsp3) is 0.467. The standard InChI is InChI=1S/C15H21NO/c1-12(2)11-17-15-7-3-5-13(10-15)9-14-6-4-8-16-14/h3,5,7,10,14,16H,1,4,6,8-9,11H2,2H3. The van der Waals surface area contributed by atoms with E-state index in [9.17, 15) is 0 Å². The number of hydrogen-bond acceptors (Lipinski definition) is 2. The van der Waals surface area contributed by atoms with Gasteiger partial charge in [0, 0.05) is 6.04 Å². The lowest BCUT2D eigenvalue weighted by Gasteiger charge is -2.11. The van der Waals surface area contributed by atoms with Gasteiger partial charge in [-0.3, -0.25) is 0 Å². The van der Waals surface area contributed by atoms with E-state index in [0.29, 0.717) is 12.6 Å². The fourth-order valence-electron chi connectivity index (χ4n) is 2.18. The minimum atomic E-state index is 0.602. The molecular weight excluding hydrogens is 210 g/mol. The predicted octanol–water partition coefficient (Wildman–Crippen LogP) is 2.94. The second kappa shape index (κ2) is 5.87. The van der Waals surface area contributed by atoms with Crippen LogP contribution < -0.4 is 10.1 Å². The van der Waals surface area contributed by atoms with Gasteiger partial charge in [0.05, 0.1) is 0 Å². The summed E-state index contributed by atoms with van der Waals surface area (Å²) in [6, 6.07) is 9.04. The zero-order chi connectivity index (χ0) is 12.1. The molecule has 1 fully saturated rings. The van der Waals surface area contributed by atoms with E-state index in [1.807, 2.05) is 13.0 Å². The molecule has 0 spiro atoms. The first-order chi connectivity index (χ1) is 8.24. The fourth-order valence-corrected chi connectivity index (χ4v) is 2.18. The summed E-state index contributed by atoms with van der Waals surface area (Å²) in [5, 5.41) is 3.52. The highest BCUT2D eigenvalue weighted by molar-refractivity contribution is 5.29. The molecule has 2 heteroatoms. The Morgan fingerprint density at radius 3 is 3.12 bits per heavy atom. The summed E-state index contributed by atoms with van der Waals surface area (Å²) in [4.78, 5) is 0. The van der Waals surface area contributed by atoms with E-state index in [-0.39, 0.29) is 0 Å². The minimum absolute atomic E-state index is 0.602. The van der Waals surface area contributed by atoms with Crippen molar-refractivity contribution in [2.45, 2.75) is 32.2 Å². The minimum Gasteiger partial charge on any atom is -0.489 e. The van der Waals surface area contributed by atoms with E-state index in [0.717, 1.165) is 24.3 Å². The lowest BCUT2D eigenvalue weighted by Crippen LogP contribution is -2.23. The summed E-state index contributed by atoms with van der Waals surface area (Å²) in [5.74, 6) is 0.948. The molecule has 17 heavy (non-hydrogen) atoms. The van der Waals surface area contributed by atoms with Crippen molar-refractivity contribution in [2.24, 2.45) is 0 Å². The van der Waals surface area contributed by atoms with Crippen molar-refractivity contribution in [3.63, 3.8) is 0 Å². The smallest absolute Gasteiger partial charge is 0.120 e. The number of ether oxygens (including phenoxy) is 1. The third-order valence-corrected chi connectivity index (χ3v) is 3.03. The second-order valence-corrected chi connectivity index (χ2v) is 4.89. The van der Waals surface area contributed by atoms with Crippen LogP contribution in [0, 0.1) is 0 Å². The lowest BCUT2D eigenvalue weighted by atomic mass is 10.0. The van der Waals surface area contributed by atoms with Crippen LogP contribution in [0.4, 0.5) is 0 Å². The molecule has 92 valence electrons. The van der Waals surface area contributed by atoms with Crippen LogP contribution in [0.25, 0.3) is 0 Å². The van der Waals surface area contributed by atoms with Gasteiger partial charge in [-0.05, 0) is 56.0 Å². The van der Waals surface area contributed by atoms with E-state index in [4.69, 9.17) is 4.74 Å². The Balaban J connectivity index is 1.93. The lowest BCUT2D eigenvalue weighted by molar-refractivity contribution is 0.352. The van der Waals surface area contributed by atoms with Gasteiger partial charge in [0.25, 0.3) is 0 Å². The summed E-state index contributed by atoms with van der Waals surface area (Å²) in [7, 11) is 0. The molecule has 0 aromatic heterocycles. The number of rotatable bonds is 5. The van der Waals surface area contributed by atoms with Crippen LogP contribution in [0.15, 0.2) is 36.4 Å². The molecule has 1 aliphatic rings. The first-order valence-corrected chi connectivity index (χ1v) is 6.33. The van der Waals surface area contributed by atoms with Gasteiger partial charge >= 0.3 is 0 Å². The molecule has 0 amide bonds. The summed E-state index contributed by atoms with van der Waals surface area (Å²) in [5.41, 5.74) is 2.40. The van der Waals surface area contributed by atoms with Crippen molar-refractivity contribution in [3.8, 4) is 5.75 Å². The van der Waals surface area contributed by atoms with Crippen molar-refractivity contribution in [3.05, 3.63) is 42.0 Å². The van der Waals surface area contributed by atoms with Crippen molar-refractivity contribution >= 4 is 0 Å². The molecule has 1 N–H and O–H groups in total. The first kappa shape index (κ1) is 12.2. The summed E-state index contributed by atoms with van der Waals surface area (Å²) >= 11 is 0. The highest BCUT2D eigenvalue weighted by atomic mass is 16.5. The Hall–Kier alpha value is -1.28. The van der Waals surface area contributed by atoms with Crippen LogP contribution in [0.3, 0.4) is 0 Å². The molecule has 2 rings (SSSR count). The van der Waals surface area contributed by atoms with E-state index in [1.54, 1.807) is 0 Å². The third-order valence-electron chi connectivity index (χ3n) is 3.03. The molecule has 0 saturated carbocycles. The maximum Gasteiger partial charge on any atom is 0.120 e. The van der Waals surface area contributed by atoms with Crippen LogP contribution in [-0.4, -0.2) is 19.2 Å². The van der Waals surface area contributed by atoms with Crippen LogP contribution in [0.1, 0.15) is 25.3 Å². The van der Waals surface area contributed by atoms with Gasteiger partial charge in [0.2, 0.25) is 0 Å². The third kappa shape index (κ3) is 3.90. The molecule has 0 radical (unpaired) electrons. The van der Waals surface area contributed by atoms with Crippen LogP contribution >= 0.6 is 0 Å². The molecule has 1 saturated heterocycles. The number of hydrogen-bond donors (Lipinski definition) is 1. The van der Waals surface area contributed by atoms with Gasteiger partial charge in [-0.25, -0.2) is 0 Å². The first-order valence-electron chi connectivity index (χ1n) is 6.33. The van der Waals surface area contributed by atoms with Gasteiger partial charge in [0.1, 0.15) is 12.4 Å². The van der Waals surface area contributed by atoms with Crippen molar-refractivity contribution in [1.29, 1.82) is 0 Å². The van der Waals surface area contributed by atoms with Crippen molar-refractivity contribution < 1.29 is 4.74 Å². The molecule has 1 aromatic carbocycles. The summed E-state index contributed by atoms with van der Waals surface area (Å²) in [6.45, 7) is 7.58. The van der Waals surface area contributed by atoms with Crippen molar-refractivity contribution in [1.82, 2.24) is 5.32 Å². The maximum absolute atomic E-state index is 5.65. The Labute approximate surface area is 104 Å². The second-order valence-electron chi connectivity index (χ2n) is 4.89. The quantitative estimate of drug-likeness (QED) is 0.787. The molecule has 0 bridgehead atoms. The molecule has 1 unspecified atom stereocenters. The predicted molar refractivity (Wildman–Crippen MR) is 71.5 cm³/mol. The van der Waals surface area contributed by atoms with E-state index in [1.165, 1.54) is 18.4 Å². The van der Waals surface area contributed by atoms with Crippen LogP contribution in [0.2, 0.25) is 0 Å². The zero-order valence-electron chi connectivity index (χ0n) is 10.5. The zero-order valence-corrected chi connectivity index (χ0v) is 10.5. The normalized spacial score (nSPS) is 19.2. The van der Waals surface area contributed by atoms with Gasteiger partial charge in [-0.2, -0.15) is 0 Å². The topological polar surface area (TPSA) is 21.3 Å². The van der Waals surface area contributed by atoms with E-state index < -0.39 is 0 Å². The molecule has 1 aromatic rings. The van der Waals surface area contributed by atoms with Crippen LogP contribution in [-0.2, 0) is 6.42 Å². The van der Waals surface area contributed by atoms with Gasteiger partial charge < -0.3 is 10.1 Å². The molecular formula is C15H21NO. The number of benzene rings is 1. The maximum atomic E-state index is 5.65. The van der Waals surface area contributed by atoms with Gasteiger partial charge in [0.15, 0.2) is 0 Å². The average molecular weight is 231 g/mol. The van der Waals surface area contributed by atoms with Gasteiger partial charge in [-0.15, -0.1) is 0 Å². The van der Waals surface area contributed by atoms with Crippen LogP contribution in [0.5, 0.6) is 5.75 Å². The largest absolute Gasteiger partial charge is 0.489 e. The Morgan fingerprint density at radius 1 is 1.53 bits per heavy atom. The average Bonchev–Trinajstić information content (AvgIpc) is 2.80. The monoisotopic (exact) mass is 231 g/mol. The SMILES string of the molecule is C=C(C)COc1cccc(CC2CCCN2)c1. The summed E-state index contributed by atoms with van der Waals surface area (Å²) < 4.78 is 5.65. The highest BCUT2D eigenvalue weighted by Crippen LogP contribution is 2.17. The van der Waals surface area contributed by atoms with Gasteiger partial charge in [-0.1, -0.05) is 18.7 Å². The Kier molecular flexibility index (Phi) is 4.21. The molecule has 1 heterocycles. The summed E-state index contributed by atoms with van der Waals surface area (Å²) in [6.07, 6.45) is 3.69. The number of nitrogens with one attached hydrogen (secondary N) is 1. The molecule has 1 aliphatic heterocycles. The van der Waals surface area contributed by atoms with Crippen molar-refractivity contribution in [2.75, 3.05) is 13.2 Å². The molecule has 0 aliphatic carbocycles. The highest BCUT2D eigenvalue weighted by Gasteiger charge is 2.14. The van der Waals surface area contributed by atoms with E-state index in [2.05, 4.69) is 30.1 Å². The van der Waals surface area contributed by atoms with E-state index >= 15 is 0 Å². The Bertz CT molecular complexity index is 380. The molecule has 2 nitrogen and oxygen atoms in total.